The highest BCUT2D eigenvalue weighted by Crippen LogP contribution is 2.48. The van der Waals surface area contributed by atoms with Gasteiger partial charge in [-0.05, 0) is 10.8 Å². The normalized spacial score (nSPS) is 16.5. The molecule has 3 nitrogen and oxygen atoms in total. The van der Waals surface area contributed by atoms with Crippen LogP contribution in [0.25, 0.3) is 0 Å². The second kappa shape index (κ2) is 1.85. The molecule has 0 amide bonds. The average Bonchev–Trinajstić information content (AvgIpc) is 2.15. The van der Waals surface area contributed by atoms with Gasteiger partial charge in [0.05, 0.1) is 17.2 Å². The fourth-order valence-electron chi connectivity index (χ4n) is 0.400. The third-order valence-corrected chi connectivity index (χ3v) is 4.30. The van der Waals surface area contributed by atoms with Gasteiger partial charge in [0.15, 0.2) is 0 Å². The van der Waals surface area contributed by atoms with E-state index in [0.717, 1.165) is 5.03 Å². The van der Waals surface area contributed by atoms with Crippen molar-refractivity contribution in [2.75, 3.05) is 0 Å². The predicted octanol–water partition coefficient (Wildman–Crippen LogP) is 1.44. The van der Waals surface area contributed by atoms with Crippen LogP contribution in [0, 0.1) is 0 Å². The molecule has 6 heteroatoms. The van der Waals surface area contributed by atoms with Crippen molar-refractivity contribution >= 4 is 31.6 Å². The molecular formula is C2HN3S3. The van der Waals surface area contributed by atoms with Gasteiger partial charge in [-0.15, -0.1) is 5.10 Å². The third-order valence-electron chi connectivity index (χ3n) is 0.710. The first-order chi connectivity index (χ1) is 3.97. The van der Waals surface area contributed by atoms with Gasteiger partial charge in [0, 0.05) is 9.83 Å². The molecule has 0 saturated heterocycles. The highest BCUT2D eigenvalue weighted by molar-refractivity contribution is 9.10. The van der Waals surface area contributed by atoms with Crippen LogP contribution in [0.1, 0.15) is 0 Å². The lowest BCUT2D eigenvalue weighted by Gasteiger charge is -1.79. The van der Waals surface area contributed by atoms with Gasteiger partial charge in [-0.3, -0.25) is 0 Å². The summed E-state index contributed by atoms with van der Waals surface area (Å²) in [7, 11) is 4.99. The van der Waals surface area contributed by atoms with Gasteiger partial charge in [-0.2, -0.15) is 4.09 Å². The molecule has 8 heavy (non-hydrogen) atoms. The Balaban J connectivity index is 2.54. The van der Waals surface area contributed by atoms with Crippen molar-refractivity contribution in [3.05, 3.63) is 6.20 Å². The van der Waals surface area contributed by atoms with Gasteiger partial charge in [-0.1, -0.05) is 5.21 Å². The Hall–Kier alpha value is 0.190. The smallest absolute Gasteiger partial charge is 0.140 e. The van der Waals surface area contributed by atoms with Gasteiger partial charge in [0.25, 0.3) is 0 Å². The number of aromatic nitrogens is 3. The van der Waals surface area contributed by atoms with E-state index in [-0.39, 0.29) is 0 Å². The van der Waals surface area contributed by atoms with E-state index in [0.29, 0.717) is 0 Å². The topological polar surface area (TPSA) is 30.7 Å². The third kappa shape index (κ3) is 0.636. The molecule has 0 aromatic carbocycles. The highest BCUT2D eigenvalue weighted by Gasteiger charge is 2.12. The number of fused-ring (bicyclic) bond motifs is 1. The maximum Gasteiger partial charge on any atom is 0.140 e. The lowest BCUT2D eigenvalue weighted by molar-refractivity contribution is 0.860. The zero-order chi connectivity index (χ0) is 5.40. The minimum absolute atomic E-state index is 1.13. The summed E-state index contributed by atoms with van der Waals surface area (Å²) in [4.78, 5) is 0. The van der Waals surface area contributed by atoms with Crippen LogP contribution >= 0.6 is 31.6 Å². The van der Waals surface area contributed by atoms with E-state index in [9.17, 15) is 0 Å². The summed E-state index contributed by atoms with van der Waals surface area (Å²) in [6.07, 6.45) is 1.76. The van der Waals surface area contributed by atoms with Crippen LogP contribution in [-0.2, 0) is 0 Å². The number of nitrogens with zero attached hydrogens (tertiary/aromatic N) is 3. The maximum atomic E-state index is 3.78. The monoisotopic (exact) mass is 163 g/mol. The molecule has 1 aromatic heterocycles. The minimum atomic E-state index is 1.13. The fraction of sp³-hybridized carbons (Fsp3) is 0. The maximum absolute atomic E-state index is 3.78. The molecule has 2 heterocycles. The molecule has 0 N–H and O–H groups in total. The summed E-state index contributed by atoms with van der Waals surface area (Å²) in [5.74, 6) is 0. The van der Waals surface area contributed by atoms with Gasteiger partial charge in [-0.25, -0.2) is 0 Å². The van der Waals surface area contributed by atoms with Gasteiger partial charge >= 0.3 is 0 Å². The Morgan fingerprint density at radius 3 is 3.50 bits per heavy atom. The molecule has 0 unspecified atom stereocenters. The molecule has 0 fully saturated rings. The summed E-state index contributed by atoms with van der Waals surface area (Å²) in [5.41, 5.74) is 0. The molecule has 1 aromatic rings. The molecule has 0 atom stereocenters. The Morgan fingerprint density at radius 1 is 1.62 bits per heavy atom. The minimum Gasteiger partial charge on any atom is -0.168 e. The van der Waals surface area contributed by atoms with Crippen LogP contribution < -0.4 is 0 Å². The summed E-state index contributed by atoms with van der Waals surface area (Å²) in [6, 6.07) is 0. The van der Waals surface area contributed by atoms with Crippen molar-refractivity contribution in [2.24, 2.45) is 0 Å². The van der Waals surface area contributed by atoms with Crippen molar-refractivity contribution in [1.82, 2.24) is 14.4 Å². The quantitative estimate of drug-likeness (QED) is 0.540. The highest BCUT2D eigenvalue weighted by atomic mass is 33.5. The van der Waals surface area contributed by atoms with Crippen LogP contribution in [0.4, 0.5) is 0 Å². The summed E-state index contributed by atoms with van der Waals surface area (Å²) < 4.78 is 1.80. The first-order valence-electron chi connectivity index (χ1n) is 1.89. The van der Waals surface area contributed by atoms with Crippen molar-refractivity contribution in [1.29, 1.82) is 0 Å². The second-order valence-corrected chi connectivity index (χ2v) is 4.97. The number of rotatable bonds is 0. The van der Waals surface area contributed by atoms with E-state index in [1.807, 2.05) is 0 Å². The summed E-state index contributed by atoms with van der Waals surface area (Å²) >= 11 is 0. The summed E-state index contributed by atoms with van der Waals surface area (Å²) in [5, 5.41) is 8.61. The van der Waals surface area contributed by atoms with Gasteiger partial charge in [0.2, 0.25) is 0 Å². The standard InChI is InChI=1S/C2HN3S3/c1-2-5(4-3-1)7-8-6-2/h1H. The molecule has 0 radical (unpaired) electrons. The van der Waals surface area contributed by atoms with E-state index in [1.54, 1.807) is 41.9 Å². The molecule has 2 rings (SSSR count). The van der Waals surface area contributed by atoms with E-state index in [1.165, 1.54) is 0 Å². The van der Waals surface area contributed by atoms with E-state index < -0.39 is 0 Å². The molecule has 0 aliphatic carbocycles. The largest absolute Gasteiger partial charge is 0.168 e. The SMILES string of the molecule is c1nnn2c1SSS2. The Bertz CT molecular complexity index is 178. The predicted molar refractivity (Wildman–Crippen MR) is 36.5 cm³/mol. The Kier molecular flexibility index (Phi) is 1.16. The lowest BCUT2D eigenvalue weighted by Crippen LogP contribution is -1.81. The van der Waals surface area contributed by atoms with Crippen molar-refractivity contribution in [2.45, 2.75) is 5.03 Å². The van der Waals surface area contributed by atoms with Gasteiger partial charge in [0.1, 0.15) is 5.03 Å². The van der Waals surface area contributed by atoms with Crippen molar-refractivity contribution < 1.29 is 0 Å². The van der Waals surface area contributed by atoms with E-state index in [4.69, 9.17) is 0 Å². The van der Waals surface area contributed by atoms with E-state index >= 15 is 0 Å². The first kappa shape index (κ1) is 5.01. The van der Waals surface area contributed by atoms with Crippen LogP contribution in [0.2, 0.25) is 0 Å². The number of hydrogen-bond donors (Lipinski definition) is 0. The second-order valence-electron chi connectivity index (χ2n) is 1.17. The zero-order valence-corrected chi connectivity index (χ0v) is 6.09. The molecule has 0 bridgehead atoms. The van der Waals surface area contributed by atoms with Crippen molar-refractivity contribution in [3.63, 3.8) is 0 Å². The number of hydrogen-bond acceptors (Lipinski definition) is 5. The molecule has 42 valence electrons. The van der Waals surface area contributed by atoms with Crippen molar-refractivity contribution in [3.8, 4) is 0 Å². The molecule has 0 saturated carbocycles. The first-order valence-corrected chi connectivity index (χ1v) is 5.33. The average molecular weight is 163 g/mol. The fourth-order valence-corrected chi connectivity index (χ4v) is 4.01. The lowest BCUT2D eigenvalue weighted by atomic mass is 11.0. The zero-order valence-electron chi connectivity index (χ0n) is 3.64. The van der Waals surface area contributed by atoms with Gasteiger partial charge < -0.3 is 0 Å². The molecule has 0 spiro atoms. The molecular weight excluding hydrogens is 162 g/mol. The van der Waals surface area contributed by atoms with Crippen LogP contribution in [0.3, 0.4) is 0 Å². The molecule has 1 aliphatic rings. The molecule has 1 aliphatic heterocycles. The Labute approximate surface area is 57.5 Å². The van der Waals surface area contributed by atoms with Crippen LogP contribution in [0.5, 0.6) is 0 Å². The van der Waals surface area contributed by atoms with E-state index in [2.05, 4.69) is 10.3 Å². The van der Waals surface area contributed by atoms with Crippen LogP contribution in [-0.4, -0.2) is 14.4 Å². The Morgan fingerprint density at radius 2 is 2.62 bits per heavy atom. The van der Waals surface area contributed by atoms with Crippen LogP contribution in [0.15, 0.2) is 11.2 Å². The summed E-state index contributed by atoms with van der Waals surface area (Å²) in [6.45, 7) is 0.